The molecule has 5 nitrogen and oxygen atoms in total. The highest BCUT2D eigenvalue weighted by molar-refractivity contribution is 6.35. The largest absolute Gasteiger partial charge is 0.497 e. The number of methoxy groups -OCH3 is 1. The molecule has 0 saturated heterocycles. The molecule has 7 heteroatoms. The van der Waals surface area contributed by atoms with Crippen LogP contribution in [0, 0.1) is 0 Å². The standard InChI is InChI=1S/C21H15Cl2NO4/c1-27-16-7-4-14(5-8-16)21(26)28-17-9-2-13(3-10-17)20(25)24-19-12-15(22)6-11-18(19)23/h2-12H,1H3,(H,24,25). The predicted octanol–water partition coefficient (Wildman–Crippen LogP) is 5.47. The third kappa shape index (κ3) is 4.82. The van der Waals surface area contributed by atoms with Crippen molar-refractivity contribution >= 4 is 40.8 Å². The van der Waals surface area contributed by atoms with E-state index in [1.54, 1.807) is 61.7 Å². The minimum Gasteiger partial charge on any atom is -0.497 e. The summed E-state index contributed by atoms with van der Waals surface area (Å²) in [6.45, 7) is 0. The Hall–Kier alpha value is -3.02. The first kappa shape index (κ1) is 19.7. The van der Waals surface area contributed by atoms with Crippen molar-refractivity contribution in [1.82, 2.24) is 0 Å². The van der Waals surface area contributed by atoms with Gasteiger partial charge in [0, 0.05) is 10.6 Å². The Morgan fingerprint density at radius 2 is 1.43 bits per heavy atom. The van der Waals surface area contributed by atoms with Crippen LogP contribution in [0.1, 0.15) is 20.7 Å². The van der Waals surface area contributed by atoms with Crippen LogP contribution in [-0.4, -0.2) is 19.0 Å². The fraction of sp³-hybridized carbons (Fsp3) is 0.0476. The minimum absolute atomic E-state index is 0.318. The number of carbonyl (C=O) groups excluding carboxylic acids is 2. The van der Waals surface area contributed by atoms with E-state index in [0.717, 1.165) is 0 Å². The number of hydrogen-bond donors (Lipinski definition) is 1. The lowest BCUT2D eigenvalue weighted by Gasteiger charge is -2.09. The number of nitrogens with one attached hydrogen (secondary N) is 1. The second-order valence-electron chi connectivity index (χ2n) is 5.72. The number of halogens is 2. The van der Waals surface area contributed by atoms with Gasteiger partial charge in [-0.15, -0.1) is 0 Å². The molecule has 0 aliphatic rings. The number of hydrogen-bond acceptors (Lipinski definition) is 4. The van der Waals surface area contributed by atoms with Crippen molar-refractivity contribution in [3.8, 4) is 11.5 Å². The summed E-state index contributed by atoms with van der Waals surface area (Å²) >= 11 is 12.0. The average Bonchev–Trinajstić information content (AvgIpc) is 2.71. The lowest BCUT2D eigenvalue weighted by molar-refractivity contribution is 0.0734. The van der Waals surface area contributed by atoms with E-state index in [-0.39, 0.29) is 5.91 Å². The molecule has 3 aromatic rings. The van der Waals surface area contributed by atoms with Crippen molar-refractivity contribution in [3.63, 3.8) is 0 Å². The van der Waals surface area contributed by atoms with E-state index in [1.165, 1.54) is 12.1 Å². The number of rotatable bonds is 5. The predicted molar refractivity (Wildman–Crippen MR) is 109 cm³/mol. The topological polar surface area (TPSA) is 64.6 Å². The summed E-state index contributed by atoms with van der Waals surface area (Å²) in [6.07, 6.45) is 0. The molecule has 1 N–H and O–H groups in total. The zero-order chi connectivity index (χ0) is 20.1. The first-order chi connectivity index (χ1) is 13.5. The van der Waals surface area contributed by atoms with E-state index in [2.05, 4.69) is 5.32 Å². The van der Waals surface area contributed by atoms with E-state index in [4.69, 9.17) is 32.7 Å². The Kier molecular flexibility index (Phi) is 6.19. The lowest BCUT2D eigenvalue weighted by Crippen LogP contribution is -2.12. The van der Waals surface area contributed by atoms with Crippen molar-refractivity contribution in [2.24, 2.45) is 0 Å². The van der Waals surface area contributed by atoms with Crippen molar-refractivity contribution in [1.29, 1.82) is 0 Å². The molecule has 28 heavy (non-hydrogen) atoms. The van der Waals surface area contributed by atoms with Crippen molar-refractivity contribution in [2.45, 2.75) is 0 Å². The fourth-order valence-corrected chi connectivity index (χ4v) is 2.69. The molecule has 0 atom stereocenters. The summed E-state index contributed by atoms with van der Waals surface area (Å²) in [5.74, 6) is 0.0904. The number of esters is 1. The monoisotopic (exact) mass is 415 g/mol. The molecule has 0 unspecified atom stereocenters. The van der Waals surface area contributed by atoms with Crippen LogP contribution in [-0.2, 0) is 0 Å². The maximum Gasteiger partial charge on any atom is 0.343 e. The van der Waals surface area contributed by atoms with Gasteiger partial charge < -0.3 is 14.8 Å². The van der Waals surface area contributed by atoms with Gasteiger partial charge in [-0.1, -0.05) is 23.2 Å². The Morgan fingerprint density at radius 1 is 0.821 bits per heavy atom. The van der Waals surface area contributed by atoms with Gasteiger partial charge in [0.1, 0.15) is 11.5 Å². The molecule has 0 heterocycles. The molecular formula is C21H15Cl2NO4. The molecular weight excluding hydrogens is 401 g/mol. The van der Waals surface area contributed by atoms with Gasteiger partial charge in [-0.05, 0) is 66.7 Å². The van der Waals surface area contributed by atoms with Gasteiger partial charge in [0.15, 0.2) is 0 Å². The number of carbonyl (C=O) groups is 2. The van der Waals surface area contributed by atoms with Crippen molar-refractivity contribution < 1.29 is 19.1 Å². The summed E-state index contributed by atoms with van der Waals surface area (Å²) < 4.78 is 10.4. The van der Waals surface area contributed by atoms with Crippen LogP contribution >= 0.6 is 23.2 Å². The molecule has 0 bridgehead atoms. The maximum atomic E-state index is 12.4. The quantitative estimate of drug-likeness (QED) is 0.442. The first-order valence-electron chi connectivity index (χ1n) is 8.19. The van der Waals surface area contributed by atoms with E-state index in [9.17, 15) is 9.59 Å². The Labute approximate surface area is 171 Å². The minimum atomic E-state index is -0.509. The van der Waals surface area contributed by atoms with Crippen LogP contribution in [0.5, 0.6) is 11.5 Å². The number of amides is 1. The van der Waals surface area contributed by atoms with Crippen LogP contribution in [0.2, 0.25) is 10.0 Å². The van der Waals surface area contributed by atoms with Gasteiger partial charge >= 0.3 is 5.97 Å². The van der Waals surface area contributed by atoms with Crippen LogP contribution in [0.3, 0.4) is 0 Å². The van der Waals surface area contributed by atoms with E-state index in [0.29, 0.717) is 38.4 Å². The van der Waals surface area contributed by atoms with E-state index >= 15 is 0 Å². The SMILES string of the molecule is COc1ccc(C(=O)Oc2ccc(C(=O)Nc3cc(Cl)ccc3Cl)cc2)cc1. The summed E-state index contributed by atoms with van der Waals surface area (Å²) in [5.41, 5.74) is 1.17. The Bertz CT molecular complexity index is 1000. The molecule has 0 aromatic heterocycles. The Morgan fingerprint density at radius 3 is 2.07 bits per heavy atom. The van der Waals surface area contributed by atoms with E-state index < -0.39 is 5.97 Å². The highest BCUT2D eigenvalue weighted by atomic mass is 35.5. The summed E-state index contributed by atoms with van der Waals surface area (Å²) in [4.78, 5) is 24.5. The van der Waals surface area contributed by atoms with Crippen LogP contribution in [0.4, 0.5) is 5.69 Å². The smallest absolute Gasteiger partial charge is 0.343 e. The zero-order valence-corrected chi connectivity index (χ0v) is 16.3. The Balaban J connectivity index is 1.66. The second-order valence-corrected chi connectivity index (χ2v) is 6.56. The van der Waals surface area contributed by atoms with E-state index in [1.807, 2.05) is 0 Å². The van der Waals surface area contributed by atoms with Crippen molar-refractivity contribution in [3.05, 3.63) is 87.9 Å². The summed E-state index contributed by atoms with van der Waals surface area (Å²) in [5, 5.41) is 3.53. The number of anilines is 1. The first-order valence-corrected chi connectivity index (χ1v) is 8.94. The third-order valence-corrected chi connectivity index (χ3v) is 4.39. The second kappa shape index (κ2) is 8.78. The molecule has 3 aromatic carbocycles. The number of benzene rings is 3. The van der Waals surface area contributed by atoms with Gasteiger partial charge in [-0.3, -0.25) is 4.79 Å². The molecule has 0 aliphatic carbocycles. The third-order valence-electron chi connectivity index (χ3n) is 3.83. The van der Waals surface area contributed by atoms with Gasteiger partial charge in [-0.25, -0.2) is 4.79 Å². The van der Waals surface area contributed by atoms with Gasteiger partial charge in [0.2, 0.25) is 0 Å². The van der Waals surface area contributed by atoms with Crippen LogP contribution in [0.15, 0.2) is 66.7 Å². The molecule has 0 radical (unpaired) electrons. The lowest BCUT2D eigenvalue weighted by atomic mass is 10.2. The average molecular weight is 416 g/mol. The van der Waals surface area contributed by atoms with Crippen LogP contribution in [0.25, 0.3) is 0 Å². The molecule has 1 amide bonds. The summed E-state index contributed by atoms with van der Waals surface area (Å²) in [7, 11) is 1.55. The molecule has 0 aliphatic heterocycles. The summed E-state index contributed by atoms with van der Waals surface area (Å²) in [6, 6.07) is 17.5. The molecule has 0 saturated carbocycles. The highest BCUT2D eigenvalue weighted by Crippen LogP contribution is 2.26. The highest BCUT2D eigenvalue weighted by Gasteiger charge is 2.12. The van der Waals surface area contributed by atoms with Crippen molar-refractivity contribution in [2.75, 3.05) is 12.4 Å². The maximum absolute atomic E-state index is 12.4. The zero-order valence-electron chi connectivity index (χ0n) is 14.7. The van der Waals surface area contributed by atoms with Gasteiger partial charge in [0.05, 0.1) is 23.4 Å². The molecule has 0 fully saturated rings. The van der Waals surface area contributed by atoms with Crippen LogP contribution < -0.4 is 14.8 Å². The molecule has 0 spiro atoms. The fourth-order valence-electron chi connectivity index (χ4n) is 2.36. The normalized spacial score (nSPS) is 10.2. The number of ether oxygens (including phenoxy) is 2. The molecule has 3 rings (SSSR count). The van der Waals surface area contributed by atoms with Gasteiger partial charge in [-0.2, -0.15) is 0 Å². The van der Waals surface area contributed by atoms with Gasteiger partial charge in [0.25, 0.3) is 5.91 Å². The molecule has 142 valence electrons.